The summed E-state index contributed by atoms with van der Waals surface area (Å²) in [5, 5.41) is 18.9. The van der Waals surface area contributed by atoms with Crippen molar-refractivity contribution in [1.82, 2.24) is 0 Å². The number of unbranched alkanes of at least 4 members (excludes halogenated alkanes) is 2. The maximum atomic E-state index is 10.9. The second-order valence-electron chi connectivity index (χ2n) is 11.2. The molecule has 196 valence electrons. The predicted molar refractivity (Wildman–Crippen MR) is 154 cm³/mol. The first kappa shape index (κ1) is 27.1. The summed E-state index contributed by atoms with van der Waals surface area (Å²) in [6.45, 7) is 9.70. The molecule has 0 amide bonds. The highest BCUT2D eigenvalue weighted by Crippen LogP contribution is 2.47. The fraction of sp³-hybridized carbons (Fsp3) is 0.364. The van der Waals surface area contributed by atoms with Gasteiger partial charge in [-0.25, -0.2) is 0 Å². The Labute approximate surface area is 226 Å². The molecule has 0 fully saturated rings. The molecule has 0 aliphatic carbocycles. The molecule has 0 saturated carbocycles. The summed E-state index contributed by atoms with van der Waals surface area (Å²) in [6.07, 6.45) is 10.7. The van der Waals surface area contributed by atoms with Gasteiger partial charge in [-0.2, -0.15) is 9.84 Å². The van der Waals surface area contributed by atoms with Crippen LogP contribution in [0.5, 0.6) is 0 Å². The van der Waals surface area contributed by atoms with E-state index in [1.54, 1.807) is 0 Å². The van der Waals surface area contributed by atoms with Crippen molar-refractivity contribution in [3.8, 4) is 6.07 Å². The molecule has 1 N–H and O–H groups in total. The van der Waals surface area contributed by atoms with Gasteiger partial charge in [0.25, 0.3) is 0 Å². The van der Waals surface area contributed by atoms with Crippen molar-refractivity contribution in [3.63, 3.8) is 0 Å². The summed E-state index contributed by atoms with van der Waals surface area (Å²) in [7, 11) is 2.08. The number of carbonyl (C=O) groups is 1. The van der Waals surface area contributed by atoms with Crippen molar-refractivity contribution in [2.75, 3.05) is 18.5 Å². The van der Waals surface area contributed by atoms with Crippen molar-refractivity contribution >= 4 is 23.1 Å². The van der Waals surface area contributed by atoms with Crippen LogP contribution in [0.2, 0.25) is 0 Å². The average Bonchev–Trinajstić information content (AvgIpc) is 3.22. The number of nitriles is 1. The van der Waals surface area contributed by atoms with Crippen LogP contribution in [0.1, 0.15) is 64.5 Å². The Morgan fingerprint density at radius 3 is 2.37 bits per heavy atom. The monoisotopic (exact) mass is 508 g/mol. The quantitative estimate of drug-likeness (QED) is 0.171. The van der Waals surface area contributed by atoms with Gasteiger partial charge in [-0.3, -0.25) is 4.79 Å². The lowest BCUT2D eigenvalue weighted by Gasteiger charge is -2.27. The van der Waals surface area contributed by atoms with E-state index in [9.17, 15) is 10.1 Å². The number of rotatable bonds is 9. The van der Waals surface area contributed by atoms with Crippen LogP contribution in [-0.2, 0) is 15.6 Å². The van der Waals surface area contributed by atoms with E-state index in [-0.39, 0.29) is 17.3 Å². The normalized spacial score (nSPS) is 18.7. The third-order valence-corrected chi connectivity index (χ3v) is 7.98. The van der Waals surface area contributed by atoms with Crippen molar-refractivity contribution in [3.05, 3.63) is 95.2 Å². The fourth-order valence-electron chi connectivity index (χ4n) is 5.87. The molecule has 0 radical (unpaired) electrons. The third kappa shape index (κ3) is 5.09. The fourth-order valence-corrected chi connectivity index (χ4v) is 5.87. The molecule has 5 nitrogen and oxygen atoms in total. The summed E-state index contributed by atoms with van der Waals surface area (Å²) in [4.78, 5) is 13.2. The largest absolute Gasteiger partial charge is 0.481 e. The Hall–Kier alpha value is -3.91. The Morgan fingerprint density at radius 2 is 1.68 bits per heavy atom. The van der Waals surface area contributed by atoms with Gasteiger partial charge in [0.2, 0.25) is 5.69 Å². The lowest BCUT2D eigenvalue weighted by atomic mass is 9.81. The minimum absolute atomic E-state index is 0.145. The highest BCUT2D eigenvalue weighted by molar-refractivity contribution is 6.03. The summed E-state index contributed by atoms with van der Waals surface area (Å²) >= 11 is 0. The Kier molecular flexibility index (Phi) is 7.73. The lowest BCUT2D eigenvalue weighted by Crippen LogP contribution is -2.27. The Balaban J connectivity index is 1.61. The first-order valence-electron chi connectivity index (χ1n) is 13.4. The van der Waals surface area contributed by atoms with Crippen molar-refractivity contribution in [1.29, 1.82) is 5.26 Å². The third-order valence-electron chi connectivity index (χ3n) is 7.98. The van der Waals surface area contributed by atoms with Crippen molar-refractivity contribution in [2.45, 2.75) is 64.2 Å². The Bertz CT molecular complexity index is 1400. The molecule has 0 atom stereocenters. The number of hydrogen-bond donors (Lipinski definition) is 1. The summed E-state index contributed by atoms with van der Waals surface area (Å²) in [5.74, 6) is -0.741. The number of carboxylic acids is 1. The SMILES string of the molecule is C[N+]1=C(/C=C/C(C#N)=C/C=C2/N(CCCCCC(=O)O)c3ccccc3C2(C)C)C(C)(C)c2ccccc21. The van der Waals surface area contributed by atoms with E-state index in [0.717, 1.165) is 30.8 Å². The van der Waals surface area contributed by atoms with E-state index in [1.165, 1.54) is 22.5 Å². The van der Waals surface area contributed by atoms with Gasteiger partial charge in [-0.05, 0) is 56.5 Å². The zero-order chi connectivity index (χ0) is 27.5. The highest BCUT2D eigenvalue weighted by atomic mass is 16.4. The number of benzene rings is 2. The molecule has 2 aromatic rings. The number of allylic oxidation sites excluding steroid dienone is 6. The van der Waals surface area contributed by atoms with E-state index < -0.39 is 5.97 Å². The van der Waals surface area contributed by atoms with Crippen LogP contribution < -0.4 is 4.90 Å². The molecule has 5 heteroatoms. The maximum absolute atomic E-state index is 10.9. The number of nitrogens with zero attached hydrogens (tertiary/aromatic N) is 3. The molecule has 0 spiro atoms. The summed E-state index contributed by atoms with van der Waals surface area (Å²) in [5.41, 5.74) is 7.49. The van der Waals surface area contributed by atoms with Gasteiger partial charge in [0.15, 0.2) is 5.71 Å². The first-order valence-corrected chi connectivity index (χ1v) is 13.4. The van der Waals surface area contributed by atoms with Crippen LogP contribution in [0, 0.1) is 11.3 Å². The van der Waals surface area contributed by atoms with Crippen LogP contribution in [0.15, 0.2) is 84.1 Å². The predicted octanol–water partition coefficient (Wildman–Crippen LogP) is 7.03. The molecular formula is C33H38N3O2+. The molecule has 2 heterocycles. The van der Waals surface area contributed by atoms with Crippen molar-refractivity contribution < 1.29 is 14.5 Å². The van der Waals surface area contributed by atoms with E-state index in [2.05, 4.69) is 111 Å². The maximum Gasteiger partial charge on any atom is 0.303 e. The Morgan fingerprint density at radius 1 is 1.00 bits per heavy atom. The molecule has 0 saturated heterocycles. The molecule has 2 aromatic carbocycles. The molecule has 2 aliphatic rings. The molecule has 4 rings (SSSR count). The number of aliphatic carboxylic acids is 1. The standard InChI is InChI=1S/C33H37N3O2/c1-32(2)25-13-8-10-15-27(25)35(5)29(32)20-18-24(23-34)19-21-30-33(3,4)26-14-9-11-16-28(26)36(30)22-12-6-7-17-31(37)38/h8-11,13-16,18-21H,6-7,12,17,22H2,1-5H3/p+1. The zero-order valence-electron chi connectivity index (χ0n) is 23.2. The van der Waals surface area contributed by atoms with E-state index in [1.807, 2.05) is 12.2 Å². The summed E-state index contributed by atoms with van der Waals surface area (Å²) < 4.78 is 2.21. The number of fused-ring (bicyclic) bond motifs is 2. The smallest absolute Gasteiger partial charge is 0.303 e. The van der Waals surface area contributed by atoms with Crippen LogP contribution in [0.25, 0.3) is 0 Å². The van der Waals surface area contributed by atoms with Gasteiger partial charge >= 0.3 is 5.97 Å². The zero-order valence-corrected chi connectivity index (χ0v) is 23.2. The van der Waals surface area contributed by atoms with Crippen LogP contribution in [-0.4, -0.2) is 35.0 Å². The minimum atomic E-state index is -0.741. The van der Waals surface area contributed by atoms with Crippen LogP contribution in [0.4, 0.5) is 11.4 Å². The molecular weight excluding hydrogens is 470 g/mol. The van der Waals surface area contributed by atoms with Gasteiger partial charge in [-0.15, -0.1) is 0 Å². The number of para-hydroxylation sites is 2. The van der Waals surface area contributed by atoms with Gasteiger partial charge < -0.3 is 10.0 Å². The van der Waals surface area contributed by atoms with Crippen molar-refractivity contribution in [2.24, 2.45) is 0 Å². The summed E-state index contributed by atoms with van der Waals surface area (Å²) in [6, 6.07) is 19.3. The number of hydrogen-bond acceptors (Lipinski definition) is 3. The molecule has 2 aliphatic heterocycles. The second-order valence-corrected chi connectivity index (χ2v) is 11.2. The molecule has 38 heavy (non-hydrogen) atoms. The number of carboxylic acid groups (broad SMARTS) is 1. The van der Waals surface area contributed by atoms with E-state index >= 15 is 0 Å². The molecule has 0 aromatic heterocycles. The minimum Gasteiger partial charge on any atom is -0.481 e. The average molecular weight is 509 g/mol. The first-order chi connectivity index (χ1) is 18.1. The van der Waals surface area contributed by atoms with Gasteiger partial charge in [0.05, 0.1) is 17.1 Å². The highest BCUT2D eigenvalue weighted by Gasteiger charge is 2.42. The van der Waals surface area contributed by atoms with Gasteiger partial charge in [-0.1, -0.05) is 56.7 Å². The molecule has 0 unspecified atom stereocenters. The lowest BCUT2D eigenvalue weighted by molar-refractivity contribution is -0.401. The van der Waals surface area contributed by atoms with E-state index in [4.69, 9.17) is 5.11 Å². The second kappa shape index (κ2) is 10.8. The van der Waals surface area contributed by atoms with E-state index in [0.29, 0.717) is 12.0 Å². The van der Waals surface area contributed by atoms with Gasteiger partial charge in [0.1, 0.15) is 7.05 Å². The molecule has 0 bridgehead atoms. The van der Waals surface area contributed by atoms with Crippen LogP contribution in [0.3, 0.4) is 0 Å². The number of anilines is 1. The van der Waals surface area contributed by atoms with Gasteiger partial charge in [0, 0.05) is 47.5 Å². The van der Waals surface area contributed by atoms with Crippen LogP contribution >= 0.6 is 0 Å². The topological polar surface area (TPSA) is 67.3 Å².